The highest BCUT2D eigenvalue weighted by Crippen LogP contribution is 2.36. The molecule has 108 valence electrons. The van der Waals surface area contributed by atoms with E-state index in [4.69, 9.17) is 9.84 Å². The zero-order valence-electron chi connectivity index (χ0n) is 10.7. The summed E-state index contributed by atoms with van der Waals surface area (Å²) < 4.78 is 18.4. The molecule has 0 atom stereocenters. The quantitative estimate of drug-likeness (QED) is 0.649. The number of nitrogens with zero attached hydrogens (tertiary/aromatic N) is 2. The van der Waals surface area contributed by atoms with Crippen LogP contribution in [0.3, 0.4) is 0 Å². The second kappa shape index (κ2) is 5.04. The molecule has 7 nitrogen and oxygen atoms in total. The molecule has 20 heavy (non-hydrogen) atoms. The smallest absolute Gasteiger partial charge is 0.329 e. The van der Waals surface area contributed by atoms with Crippen LogP contribution in [0.1, 0.15) is 6.92 Å². The van der Waals surface area contributed by atoms with Crippen molar-refractivity contribution in [3.8, 4) is 0 Å². The van der Waals surface area contributed by atoms with Crippen molar-refractivity contribution in [3.05, 3.63) is 34.1 Å². The van der Waals surface area contributed by atoms with Gasteiger partial charge in [0.1, 0.15) is 23.7 Å². The molecule has 0 aromatic heterocycles. The fourth-order valence-corrected chi connectivity index (χ4v) is 2.16. The number of rotatable bonds is 5. The average Bonchev–Trinajstić information content (AvgIpc) is 2.32. The summed E-state index contributed by atoms with van der Waals surface area (Å²) in [6.07, 6.45) is 0. The predicted octanol–water partition coefficient (Wildman–Crippen LogP) is 1.41. The van der Waals surface area contributed by atoms with E-state index in [0.29, 0.717) is 0 Å². The third kappa shape index (κ3) is 2.85. The molecular formula is C12H13FN2O5. The summed E-state index contributed by atoms with van der Waals surface area (Å²) in [6.45, 7) is 1.81. The predicted molar refractivity (Wildman–Crippen MR) is 67.3 cm³/mol. The first kappa shape index (κ1) is 14.2. The minimum atomic E-state index is -1.08. The molecule has 8 heteroatoms. The van der Waals surface area contributed by atoms with Gasteiger partial charge in [-0.25, -0.2) is 9.18 Å². The van der Waals surface area contributed by atoms with Crippen LogP contribution in [-0.4, -0.2) is 41.3 Å². The van der Waals surface area contributed by atoms with E-state index in [9.17, 15) is 19.3 Å². The van der Waals surface area contributed by atoms with Gasteiger partial charge in [0.15, 0.2) is 0 Å². The number of nitro groups is 1. The number of hydrogen-bond acceptors (Lipinski definition) is 5. The van der Waals surface area contributed by atoms with Crippen molar-refractivity contribution >= 4 is 17.3 Å². The van der Waals surface area contributed by atoms with Gasteiger partial charge < -0.3 is 14.7 Å². The summed E-state index contributed by atoms with van der Waals surface area (Å²) in [5.41, 5.74) is -0.712. The van der Waals surface area contributed by atoms with Gasteiger partial charge >= 0.3 is 5.97 Å². The van der Waals surface area contributed by atoms with E-state index in [-0.39, 0.29) is 24.5 Å². The van der Waals surface area contributed by atoms with E-state index in [1.165, 1.54) is 0 Å². The molecule has 0 radical (unpaired) electrons. The highest BCUT2D eigenvalue weighted by Gasteiger charge is 2.42. The Kier molecular flexibility index (Phi) is 3.58. The first-order chi connectivity index (χ1) is 9.31. The number of carbonyl (C=O) groups is 1. The van der Waals surface area contributed by atoms with Gasteiger partial charge in [-0.15, -0.1) is 0 Å². The summed E-state index contributed by atoms with van der Waals surface area (Å²) in [7, 11) is 0. The molecule has 1 aromatic rings. The molecule has 0 unspecified atom stereocenters. The van der Waals surface area contributed by atoms with Crippen LogP contribution in [0.4, 0.5) is 15.8 Å². The van der Waals surface area contributed by atoms with Crippen LogP contribution in [-0.2, 0) is 9.53 Å². The lowest BCUT2D eigenvalue weighted by Gasteiger charge is -2.48. The summed E-state index contributed by atoms with van der Waals surface area (Å²) in [5, 5.41) is 19.5. The van der Waals surface area contributed by atoms with Crippen molar-refractivity contribution in [2.45, 2.75) is 12.5 Å². The van der Waals surface area contributed by atoms with Gasteiger partial charge in [-0.3, -0.25) is 10.1 Å². The van der Waals surface area contributed by atoms with E-state index in [1.807, 2.05) is 0 Å². The van der Waals surface area contributed by atoms with Gasteiger partial charge in [0, 0.05) is 25.2 Å². The van der Waals surface area contributed by atoms with Gasteiger partial charge in [0.05, 0.1) is 4.92 Å². The molecule has 1 saturated heterocycles. The second-order valence-corrected chi connectivity index (χ2v) is 4.88. The second-order valence-electron chi connectivity index (χ2n) is 4.88. The molecule has 2 rings (SSSR count). The Hall–Kier alpha value is -2.22. The Bertz CT molecular complexity index is 557. The summed E-state index contributed by atoms with van der Waals surface area (Å²) in [5.74, 6) is -1.65. The monoisotopic (exact) mass is 284 g/mol. The zero-order chi connectivity index (χ0) is 14.9. The summed E-state index contributed by atoms with van der Waals surface area (Å²) in [6, 6.07) is 3.23. The molecule has 0 bridgehead atoms. The fraction of sp³-hybridized carbons (Fsp3) is 0.417. The fourth-order valence-electron chi connectivity index (χ4n) is 2.16. The van der Waals surface area contributed by atoms with Crippen LogP contribution < -0.4 is 4.90 Å². The van der Waals surface area contributed by atoms with Crippen LogP contribution in [0, 0.1) is 15.9 Å². The van der Waals surface area contributed by atoms with Crippen molar-refractivity contribution in [2.24, 2.45) is 0 Å². The van der Waals surface area contributed by atoms with Crippen molar-refractivity contribution in [2.75, 3.05) is 24.6 Å². The topological polar surface area (TPSA) is 92.9 Å². The Labute approximate surface area is 113 Å². The number of benzene rings is 1. The summed E-state index contributed by atoms with van der Waals surface area (Å²) >= 11 is 0. The standard InChI is InChI=1S/C12H13FN2O5/c1-12(20-5-11(16)17)6-14(7-12)10-4-8(13)2-3-9(10)15(18)19/h2-4H,5-7H2,1H3,(H,16,17). The Morgan fingerprint density at radius 3 is 2.80 bits per heavy atom. The van der Waals surface area contributed by atoms with E-state index < -0.39 is 28.9 Å². The maximum absolute atomic E-state index is 13.2. The molecule has 1 N–H and O–H groups in total. The number of carboxylic acid groups (broad SMARTS) is 1. The molecular weight excluding hydrogens is 271 g/mol. The Morgan fingerprint density at radius 2 is 2.25 bits per heavy atom. The Balaban J connectivity index is 2.10. The molecule has 0 amide bonds. The van der Waals surface area contributed by atoms with E-state index in [1.54, 1.807) is 11.8 Å². The van der Waals surface area contributed by atoms with Gasteiger partial charge in [-0.1, -0.05) is 0 Å². The van der Waals surface area contributed by atoms with Crippen LogP contribution in [0.5, 0.6) is 0 Å². The van der Waals surface area contributed by atoms with Crippen LogP contribution >= 0.6 is 0 Å². The molecule has 1 aliphatic heterocycles. The molecule has 1 aliphatic rings. The highest BCUT2D eigenvalue weighted by molar-refractivity contribution is 5.68. The van der Waals surface area contributed by atoms with Gasteiger partial charge in [0.25, 0.3) is 5.69 Å². The van der Waals surface area contributed by atoms with Gasteiger partial charge in [0.2, 0.25) is 0 Å². The number of aliphatic carboxylic acids is 1. The lowest BCUT2D eigenvalue weighted by Crippen LogP contribution is -2.62. The van der Waals surface area contributed by atoms with E-state index >= 15 is 0 Å². The molecule has 0 aliphatic carbocycles. The van der Waals surface area contributed by atoms with Crippen LogP contribution in [0.15, 0.2) is 18.2 Å². The van der Waals surface area contributed by atoms with Gasteiger partial charge in [-0.2, -0.15) is 0 Å². The Morgan fingerprint density at radius 1 is 1.60 bits per heavy atom. The van der Waals surface area contributed by atoms with Crippen LogP contribution in [0.25, 0.3) is 0 Å². The normalized spacial score (nSPS) is 16.6. The van der Waals surface area contributed by atoms with Crippen LogP contribution in [0.2, 0.25) is 0 Å². The molecule has 0 saturated carbocycles. The lowest BCUT2D eigenvalue weighted by molar-refractivity contribution is -0.384. The number of nitro benzene ring substituents is 1. The minimum absolute atomic E-state index is 0.173. The van der Waals surface area contributed by atoms with Crippen molar-refractivity contribution in [3.63, 3.8) is 0 Å². The number of anilines is 1. The third-order valence-corrected chi connectivity index (χ3v) is 3.07. The average molecular weight is 284 g/mol. The third-order valence-electron chi connectivity index (χ3n) is 3.07. The first-order valence-corrected chi connectivity index (χ1v) is 5.85. The maximum atomic E-state index is 13.2. The number of carboxylic acids is 1. The van der Waals surface area contributed by atoms with Crippen molar-refractivity contribution in [1.82, 2.24) is 0 Å². The van der Waals surface area contributed by atoms with Crippen molar-refractivity contribution in [1.29, 1.82) is 0 Å². The first-order valence-electron chi connectivity index (χ1n) is 5.85. The van der Waals surface area contributed by atoms with E-state index in [0.717, 1.165) is 18.2 Å². The minimum Gasteiger partial charge on any atom is -0.480 e. The maximum Gasteiger partial charge on any atom is 0.329 e. The molecule has 1 heterocycles. The van der Waals surface area contributed by atoms with Crippen molar-refractivity contribution < 1.29 is 24.0 Å². The zero-order valence-corrected chi connectivity index (χ0v) is 10.7. The number of halogens is 1. The summed E-state index contributed by atoms with van der Waals surface area (Å²) in [4.78, 5) is 22.4. The number of hydrogen-bond donors (Lipinski definition) is 1. The molecule has 1 aromatic carbocycles. The lowest BCUT2D eigenvalue weighted by atomic mass is 9.95. The number of ether oxygens (including phenoxy) is 1. The van der Waals surface area contributed by atoms with E-state index in [2.05, 4.69) is 0 Å². The largest absolute Gasteiger partial charge is 0.480 e. The molecule has 0 spiro atoms. The highest BCUT2D eigenvalue weighted by atomic mass is 19.1. The van der Waals surface area contributed by atoms with Gasteiger partial charge in [-0.05, 0) is 13.0 Å². The molecule has 1 fully saturated rings. The SMILES string of the molecule is CC1(OCC(=O)O)CN(c2cc(F)ccc2[N+](=O)[O-])C1.